The van der Waals surface area contributed by atoms with Crippen molar-refractivity contribution in [2.45, 2.75) is 29.9 Å². The van der Waals surface area contributed by atoms with Gasteiger partial charge in [0.05, 0.1) is 17.1 Å². The highest BCUT2D eigenvalue weighted by Crippen LogP contribution is 2.30. The Labute approximate surface area is 164 Å². The first-order chi connectivity index (χ1) is 13.3. The summed E-state index contributed by atoms with van der Waals surface area (Å²) in [6, 6.07) is 14.8. The monoisotopic (exact) mass is 401 g/mol. The lowest BCUT2D eigenvalue weighted by Crippen LogP contribution is -2.34. The van der Waals surface area contributed by atoms with Gasteiger partial charge in [0.2, 0.25) is 0 Å². The minimum absolute atomic E-state index is 0.111. The van der Waals surface area contributed by atoms with Crippen LogP contribution in [0, 0.1) is 5.92 Å². The number of carbonyl (C=O) groups excluding carboxylic acids is 1. The predicted octanol–water partition coefficient (Wildman–Crippen LogP) is 2.99. The van der Waals surface area contributed by atoms with E-state index in [1.165, 1.54) is 0 Å². The highest BCUT2D eigenvalue weighted by molar-refractivity contribution is 7.90. The normalized spacial score (nSPS) is 13.9. The van der Waals surface area contributed by atoms with Gasteiger partial charge in [0, 0.05) is 18.7 Å². The fourth-order valence-corrected chi connectivity index (χ4v) is 4.38. The molecule has 0 radical (unpaired) electrons. The molecule has 1 amide bonds. The van der Waals surface area contributed by atoms with Crippen LogP contribution in [0.5, 0.6) is 0 Å². The molecule has 0 aromatic heterocycles. The van der Waals surface area contributed by atoms with E-state index in [0.29, 0.717) is 23.6 Å². The number of rotatable bonds is 9. The SMILES string of the molecule is O=C(O)CCN(CC1CC1)C(=O)c1cccc(CS(=O)(=O)c2ccccc2)c1. The van der Waals surface area contributed by atoms with Gasteiger partial charge in [-0.2, -0.15) is 0 Å². The molecule has 28 heavy (non-hydrogen) atoms. The lowest BCUT2D eigenvalue weighted by atomic mass is 10.1. The summed E-state index contributed by atoms with van der Waals surface area (Å²) in [5.41, 5.74) is 0.908. The van der Waals surface area contributed by atoms with Crippen molar-refractivity contribution in [3.05, 3.63) is 65.7 Å². The van der Waals surface area contributed by atoms with Crippen molar-refractivity contribution in [3.8, 4) is 0 Å². The van der Waals surface area contributed by atoms with E-state index in [1.807, 2.05) is 0 Å². The van der Waals surface area contributed by atoms with Gasteiger partial charge in [-0.1, -0.05) is 30.3 Å². The van der Waals surface area contributed by atoms with Gasteiger partial charge in [0.15, 0.2) is 9.84 Å². The molecule has 0 unspecified atom stereocenters. The summed E-state index contributed by atoms with van der Waals surface area (Å²) < 4.78 is 25.2. The number of nitrogens with zero attached hydrogens (tertiary/aromatic N) is 1. The summed E-state index contributed by atoms with van der Waals surface area (Å²) in [4.78, 5) is 25.6. The summed E-state index contributed by atoms with van der Waals surface area (Å²) in [7, 11) is -3.51. The third-order valence-corrected chi connectivity index (χ3v) is 6.40. The van der Waals surface area contributed by atoms with Crippen LogP contribution in [-0.2, 0) is 20.4 Å². The van der Waals surface area contributed by atoms with Crippen molar-refractivity contribution in [1.82, 2.24) is 4.90 Å². The third-order valence-electron chi connectivity index (χ3n) is 4.69. The summed E-state index contributed by atoms with van der Waals surface area (Å²) >= 11 is 0. The average molecular weight is 401 g/mol. The van der Waals surface area contributed by atoms with Gasteiger partial charge in [0.1, 0.15) is 0 Å². The quantitative estimate of drug-likeness (QED) is 0.697. The molecule has 0 spiro atoms. The molecule has 0 atom stereocenters. The minimum Gasteiger partial charge on any atom is -0.481 e. The molecule has 148 valence electrons. The van der Waals surface area contributed by atoms with E-state index in [-0.39, 0.29) is 29.5 Å². The second kappa shape index (κ2) is 8.56. The highest BCUT2D eigenvalue weighted by Gasteiger charge is 2.27. The van der Waals surface area contributed by atoms with Gasteiger partial charge in [-0.3, -0.25) is 9.59 Å². The Morgan fingerprint density at radius 2 is 1.75 bits per heavy atom. The molecule has 7 heteroatoms. The second-order valence-corrected chi connectivity index (χ2v) is 9.10. The van der Waals surface area contributed by atoms with Crippen molar-refractivity contribution in [1.29, 1.82) is 0 Å². The lowest BCUT2D eigenvalue weighted by Gasteiger charge is -2.22. The maximum Gasteiger partial charge on any atom is 0.305 e. The van der Waals surface area contributed by atoms with Crippen molar-refractivity contribution < 1.29 is 23.1 Å². The maximum absolute atomic E-state index is 12.9. The molecule has 1 aliphatic rings. The standard InChI is InChI=1S/C21H23NO5S/c23-20(24)11-12-22(14-16-9-10-16)21(25)18-6-4-5-17(13-18)15-28(26,27)19-7-2-1-3-8-19/h1-8,13,16H,9-12,14-15H2,(H,23,24). The maximum atomic E-state index is 12.9. The molecule has 1 aliphatic carbocycles. The second-order valence-electron chi connectivity index (χ2n) is 7.11. The Morgan fingerprint density at radius 1 is 1.04 bits per heavy atom. The minimum atomic E-state index is -3.51. The summed E-state index contributed by atoms with van der Waals surface area (Å²) in [5, 5.41) is 8.94. The Morgan fingerprint density at radius 3 is 2.39 bits per heavy atom. The zero-order chi connectivity index (χ0) is 20.1. The van der Waals surface area contributed by atoms with E-state index in [2.05, 4.69) is 0 Å². The summed E-state index contributed by atoms with van der Waals surface area (Å²) in [5.74, 6) is -0.974. The van der Waals surface area contributed by atoms with Crippen LogP contribution in [0.1, 0.15) is 35.2 Å². The predicted molar refractivity (Wildman–Crippen MR) is 105 cm³/mol. The van der Waals surface area contributed by atoms with Crippen LogP contribution in [0.2, 0.25) is 0 Å². The first-order valence-electron chi connectivity index (χ1n) is 9.23. The Balaban J connectivity index is 1.77. The first-order valence-corrected chi connectivity index (χ1v) is 10.9. The van der Waals surface area contributed by atoms with Crippen LogP contribution in [-0.4, -0.2) is 43.4 Å². The number of carboxylic acid groups (broad SMARTS) is 1. The molecule has 0 saturated heterocycles. The van der Waals surface area contributed by atoms with E-state index >= 15 is 0 Å². The van der Waals surface area contributed by atoms with Crippen molar-refractivity contribution in [3.63, 3.8) is 0 Å². The smallest absolute Gasteiger partial charge is 0.305 e. The van der Waals surface area contributed by atoms with Crippen LogP contribution in [0.15, 0.2) is 59.5 Å². The molecule has 0 heterocycles. The number of carbonyl (C=O) groups is 2. The zero-order valence-corrected chi connectivity index (χ0v) is 16.3. The number of amides is 1. The summed E-state index contributed by atoms with van der Waals surface area (Å²) in [6.45, 7) is 0.690. The van der Waals surface area contributed by atoms with Gasteiger partial charge < -0.3 is 10.0 Å². The molecular formula is C21H23NO5S. The molecule has 0 aliphatic heterocycles. The van der Waals surface area contributed by atoms with Crippen molar-refractivity contribution >= 4 is 21.7 Å². The van der Waals surface area contributed by atoms with Gasteiger partial charge in [-0.15, -0.1) is 0 Å². The van der Waals surface area contributed by atoms with Crippen LogP contribution in [0.25, 0.3) is 0 Å². The summed E-state index contributed by atoms with van der Waals surface area (Å²) in [6.07, 6.45) is 1.99. The Kier molecular flexibility index (Phi) is 6.14. The number of sulfone groups is 1. The average Bonchev–Trinajstić information content (AvgIpc) is 3.49. The fourth-order valence-electron chi connectivity index (χ4n) is 3.03. The molecule has 1 fully saturated rings. The molecule has 0 bridgehead atoms. The van der Waals surface area contributed by atoms with Gasteiger partial charge >= 0.3 is 5.97 Å². The van der Waals surface area contributed by atoms with Crippen LogP contribution >= 0.6 is 0 Å². The third kappa shape index (κ3) is 5.42. The number of benzene rings is 2. The topological polar surface area (TPSA) is 91.8 Å². The largest absolute Gasteiger partial charge is 0.481 e. The van der Waals surface area contributed by atoms with Crippen molar-refractivity contribution in [2.24, 2.45) is 5.92 Å². The van der Waals surface area contributed by atoms with E-state index in [4.69, 9.17) is 5.11 Å². The highest BCUT2D eigenvalue weighted by atomic mass is 32.2. The molecule has 6 nitrogen and oxygen atoms in total. The Bertz CT molecular complexity index is 952. The first kappa shape index (κ1) is 20.1. The fraction of sp³-hybridized carbons (Fsp3) is 0.333. The molecule has 2 aromatic carbocycles. The number of hydrogen-bond donors (Lipinski definition) is 1. The van der Waals surface area contributed by atoms with Gasteiger partial charge in [-0.25, -0.2) is 8.42 Å². The number of aliphatic carboxylic acids is 1. The number of hydrogen-bond acceptors (Lipinski definition) is 4. The van der Waals surface area contributed by atoms with Gasteiger partial charge in [0.25, 0.3) is 5.91 Å². The van der Waals surface area contributed by atoms with E-state index in [1.54, 1.807) is 59.5 Å². The molecule has 3 rings (SSSR count). The molecule has 1 N–H and O–H groups in total. The van der Waals surface area contributed by atoms with Crippen LogP contribution in [0.3, 0.4) is 0 Å². The lowest BCUT2D eigenvalue weighted by molar-refractivity contribution is -0.137. The molecular weight excluding hydrogens is 378 g/mol. The van der Waals surface area contributed by atoms with Crippen LogP contribution < -0.4 is 0 Å². The molecule has 1 saturated carbocycles. The van der Waals surface area contributed by atoms with E-state index in [0.717, 1.165) is 12.8 Å². The van der Waals surface area contributed by atoms with Crippen LogP contribution in [0.4, 0.5) is 0 Å². The van der Waals surface area contributed by atoms with Crippen molar-refractivity contribution in [2.75, 3.05) is 13.1 Å². The van der Waals surface area contributed by atoms with E-state index in [9.17, 15) is 18.0 Å². The Hall–Kier alpha value is -2.67. The van der Waals surface area contributed by atoms with E-state index < -0.39 is 15.8 Å². The zero-order valence-electron chi connectivity index (χ0n) is 15.5. The van der Waals surface area contributed by atoms with Gasteiger partial charge in [-0.05, 0) is 48.6 Å². The number of carboxylic acids is 1. The molecule has 2 aromatic rings.